The number of benzene rings is 2. The molecule has 3 rings (SSSR count). The Hall–Kier alpha value is -2.39. The Kier molecular flexibility index (Phi) is 3.35. The van der Waals surface area contributed by atoms with Crippen molar-refractivity contribution in [3.05, 3.63) is 66.2 Å². The first kappa shape index (κ1) is 12.6. The molecule has 0 spiro atoms. The first-order valence-electron chi connectivity index (χ1n) is 6.67. The Labute approximate surface area is 118 Å². The minimum Gasteiger partial charge on any atom is -0.329 e. The number of nitrogens with two attached hydrogens (primary N) is 1. The predicted molar refractivity (Wildman–Crippen MR) is 84.1 cm³/mol. The third-order valence-electron chi connectivity index (χ3n) is 3.50. The van der Waals surface area contributed by atoms with E-state index in [-0.39, 0.29) is 0 Å². The summed E-state index contributed by atoms with van der Waals surface area (Å²) in [6.45, 7) is 0.513. The van der Waals surface area contributed by atoms with E-state index in [9.17, 15) is 0 Å². The van der Waals surface area contributed by atoms with Crippen LogP contribution in [0.15, 0.2) is 60.7 Å². The van der Waals surface area contributed by atoms with Crippen molar-refractivity contribution < 1.29 is 0 Å². The second-order valence-corrected chi connectivity index (χ2v) is 4.76. The van der Waals surface area contributed by atoms with E-state index >= 15 is 0 Å². The van der Waals surface area contributed by atoms with E-state index in [1.807, 2.05) is 43.4 Å². The van der Waals surface area contributed by atoms with Crippen LogP contribution in [0.4, 0.5) is 11.5 Å². The maximum Gasteiger partial charge on any atom is 0.133 e. The van der Waals surface area contributed by atoms with Gasteiger partial charge < -0.3 is 10.6 Å². The maximum atomic E-state index is 5.88. The number of rotatable bonds is 3. The summed E-state index contributed by atoms with van der Waals surface area (Å²) in [4.78, 5) is 6.81. The minimum absolute atomic E-state index is 0.513. The second-order valence-electron chi connectivity index (χ2n) is 4.76. The van der Waals surface area contributed by atoms with Gasteiger partial charge in [0.25, 0.3) is 0 Å². The van der Waals surface area contributed by atoms with Gasteiger partial charge >= 0.3 is 0 Å². The molecule has 0 fully saturated rings. The molecule has 20 heavy (non-hydrogen) atoms. The SMILES string of the molecule is CN(c1ccccc1)c1cc(CN)c2ccccc2n1. The molecule has 3 aromatic rings. The van der Waals surface area contributed by atoms with Gasteiger partial charge in [-0.2, -0.15) is 0 Å². The highest BCUT2D eigenvalue weighted by Crippen LogP contribution is 2.26. The van der Waals surface area contributed by atoms with Crippen molar-refractivity contribution in [3.63, 3.8) is 0 Å². The highest BCUT2D eigenvalue weighted by Gasteiger charge is 2.09. The molecule has 0 unspecified atom stereocenters. The number of hydrogen-bond donors (Lipinski definition) is 1. The Morgan fingerprint density at radius 2 is 1.70 bits per heavy atom. The minimum atomic E-state index is 0.513. The summed E-state index contributed by atoms with van der Waals surface area (Å²) in [5.74, 6) is 0.912. The fourth-order valence-corrected chi connectivity index (χ4v) is 2.36. The number of nitrogens with zero attached hydrogens (tertiary/aromatic N) is 2. The molecule has 3 nitrogen and oxygen atoms in total. The first-order valence-corrected chi connectivity index (χ1v) is 6.67. The van der Waals surface area contributed by atoms with Crippen molar-refractivity contribution in [2.24, 2.45) is 5.73 Å². The summed E-state index contributed by atoms with van der Waals surface area (Å²) in [6.07, 6.45) is 0. The lowest BCUT2D eigenvalue weighted by molar-refractivity contribution is 1.06. The van der Waals surface area contributed by atoms with Gasteiger partial charge in [0, 0.05) is 24.7 Å². The Morgan fingerprint density at radius 3 is 2.45 bits per heavy atom. The summed E-state index contributed by atoms with van der Waals surface area (Å²) >= 11 is 0. The van der Waals surface area contributed by atoms with E-state index in [1.165, 1.54) is 0 Å². The third-order valence-corrected chi connectivity index (χ3v) is 3.50. The number of hydrogen-bond acceptors (Lipinski definition) is 3. The average Bonchev–Trinajstić information content (AvgIpc) is 2.54. The largest absolute Gasteiger partial charge is 0.329 e. The molecule has 0 aliphatic heterocycles. The monoisotopic (exact) mass is 263 g/mol. The summed E-state index contributed by atoms with van der Waals surface area (Å²) in [7, 11) is 2.02. The van der Waals surface area contributed by atoms with E-state index in [0.717, 1.165) is 28.0 Å². The Morgan fingerprint density at radius 1 is 1.00 bits per heavy atom. The summed E-state index contributed by atoms with van der Waals surface area (Å²) in [6, 6.07) is 20.4. The quantitative estimate of drug-likeness (QED) is 0.787. The van der Waals surface area contributed by atoms with Crippen molar-refractivity contribution in [2.45, 2.75) is 6.54 Å². The van der Waals surface area contributed by atoms with Crippen molar-refractivity contribution in [3.8, 4) is 0 Å². The molecule has 0 amide bonds. The molecule has 100 valence electrons. The van der Waals surface area contributed by atoms with E-state index < -0.39 is 0 Å². The number of anilines is 2. The molecule has 0 bridgehead atoms. The van der Waals surface area contributed by atoms with Crippen LogP contribution in [0.5, 0.6) is 0 Å². The number of aromatic nitrogens is 1. The maximum absolute atomic E-state index is 5.88. The molecule has 1 heterocycles. The lowest BCUT2D eigenvalue weighted by Gasteiger charge is -2.20. The van der Waals surface area contributed by atoms with Gasteiger partial charge in [-0.25, -0.2) is 4.98 Å². The van der Waals surface area contributed by atoms with Crippen LogP contribution in [-0.2, 0) is 6.54 Å². The van der Waals surface area contributed by atoms with E-state index in [2.05, 4.69) is 29.2 Å². The predicted octanol–water partition coefficient (Wildman–Crippen LogP) is 3.46. The van der Waals surface area contributed by atoms with E-state index in [0.29, 0.717) is 6.54 Å². The van der Waals surface area contributed by atoms with Crippen molar-refractivity contribution >= 4 is 22.4 Å². The van der Waals surface area contributed by atoms with Gasteiger partial charge in [0.2, 0.25) is 0 Å². The Bertz CT molecular complexity index is 723. The van der Waals surface area contributed by atoms with Gasteiger partial charge in [0.15, 0.2) is 0 Å². The molecular formula is C17H17N3. The molecule has 0 aliphatic carbocycles. The average molecular weight is 263 g/mol. The fourth-order valence-electron chi connectivity index (χ4n) is 2.36. The van der Waals surface area contributed by atoms with Gasteiger partial charge in [-0.3, -0.25) is 0 Å². The molecule has 0 aliphatic rings. The van der Waals surface area contributed by atoms with Crippen LogP contribution in [0.25, 0.3) is 10.9 Å². The van der Waals surface area contributed by atoms with Crippen LogP contribution < -0.4 is 10.6 Å². The molecule has 0 saturated heterocycles. The zero-order chi connectivity index (χ0) is 13.9. The summed E-state index contributed by atoms with van der Waals surface area (Å²) < 4.78 is 0. The van der Waals surface area contributed by atoms with E-state index in [1.54, 1.807) is 0 Å². The number of fused-ring (bicyclic) bond motifs is 1. The van der Waals surface area contributed by atoms with Crippen LogP contribution in [0.2, 0.25) is 0 Å². The molecule has 2 aromatic carbocycles. The third kappa shape index (κ3) is 2.24. The smallest absolute Gasteiger partial charge is 0.133 e. The van der Waals surface area contributed by atoms with Crippen molar-refractivity contribution in [1.82, 2.24) is 4.98 Å². The van der Waals surface area contributed by atoms with Crippen molar-refractivity contribution in [2.75, 3.05) is 11.9 Å². The highest BCUT2D eigenvalue weighted by atomic mass is 15.2. The molecule has 0 atom stereocenters. The van der Waals surface area contributed by atoms with Crippen LogP contribution in [0, 0.1) is 0 Å². The molecule has 1 aromatic heterocycles. The lowest BCUT2D eigenvalue weighted by Crippen LogP contribution is -2.12. The molecule has 3 heteroatoms. The fraction of sp³-hybridized carbons (Fsp3) is 0.118. The Balaban J connectivity index is 2.12. The molecule has 0 radical (unpaired) electrons. The van der Waals surface area contributed by atoms with Gasteiger partial charge in [-0.05, 0) is 29.8 Å². The van der Waals surface area contributed by atoms with Crippen LogP contribution in [-0.4, -0.2) is 12.0 Å². The molecule has 0 saturated carbocycles. The van der Waals surface area contributed by atoms with Crippen LogP contribution >= 0.6 is 0 Å². The summed E-state index contributed by atoms with van der Waals surface area (Å²) in [5.41, 5.74) is 9.09. The van der Waals surface area contributed by atoms with Gasteiger partial charge in [-0.15, -0.1) is 0 Å². The number of para-hydroxylation sites is 2. The highest BCUT2D eigenvalue weighted by molar-refractivity contribution is 5.84. The standard InChI is InChI=1S/C17H17N3/c1-20(14-7-3-2-4-8-14)17-11-13(12-18)15-9-5-6-10-16(15)19-17/h2-11H,12,18H2,1H3. The van der Waals surface area contributed by atoms with Crippen LogP contribution in [0.3, 0.4) is 0 Å². The van der Waals surface area contributed by atoms with Gasteiger partial charge in [0.1, 0.15) is 5.82 Å². The van der Waals surface area contributed by atoms with Gasteiger partial charge in [-0.1, -0.05) is 36.4 Å². The molecule has 2 N–H and O–H groups in total. The normalized spacial score (nSPS) is 10.7. The second kappa shape index (κ2) is 5.31. The zero-order valence-electron chi connectivity index (χ0n) is 11.5. The number of pyridine rings is 1. The summed E-state index contributed by atoms with van der Waals surface area (Å²) in [5, 5.41) is 1.13. The van der Waals surface area contributed by atoms with Crippen LogP contribution in [0.1, 0.15) is 5.56 Å². The van der Waals surface area contributed by atoms with Gasteiger partial charge in [0.05, 0.1) is 5.52 Å². The zero-order valence-corrected chi connectivity index (χ0v) is 11.5. The van der Waals surface area contributed by atoms with E-state index in [4.69, 9.17) is 10.7 Å². The van der Waals surface area contributed by atoms with Crippen molar-refractivity contribution in [1.29, 1.82) is 0 Å². The molecular weight excluding hydrogens is 246 g/mol. The first-order chi connectivity index (χ1) is 9.79. The lowest BCUT2D eigenvalue weighted by atomic mass is 10.1. The topological polar surface area (TPSA) is 42.1 Å².